The third-order valence-corrected chi connectivity index (χ3v) is 6.80. The molecule has 0 bridgehead atoms. The number of nitrogens with zero attached hydrogens (tertiary/aromatic N) is 4. The van der Waals surface area contributed by atoms with Gasteiger partial charge < -0.3 is 10.4 Å². The summed E-state index contributed by atoms with van der Waals surface area (Å²) in [5.74, 6) is -2.66. The highest BCUT2D eigenvalue weighted by molar-refractivity contribution is 5.88. The van der Waals surface area contributed by atoms with Gasteiger partial charge in [-0.05, 0) is 37.2 Å². The molecular formula is C21H22F2N6O2. The lowest BCUT2D eigenvalue weighted by molar-refractivity contribution is -0.145. The number of aromatic nitrogens is 5. The lowest BCUT2D eigenvalue weighted by Crippen LogP contribution is -2.50. The number of aliphatic carboxylic acids is 1. The van der Waals surface area contributed by atoms with Crippen molar-refractivity contribution in [1.82, 2.24) is 25.1 Å². The number of anilines is 1. The van der Waals surface area contributed by atoms with Crippen LogP contribution >= 0.6 is 0 Å². The van der Waals surface area contributed by atoms with Gasteiger partial charge in [-0.1, -0.05) is 19.3 Å². The molecule has 162 valence electrons. The largest absolute Gasteiger partial charge is 0.481 e. The SMILES string of the molecule is O=C(O)[C@@H]1CCCC2(CCCC2)[C@H]1Nc1nc(-c2n[nH]c3ncc(F)cc23)ncc1F. The van der Waals surface area contributed by atoms with Gasteiger partial charge >= 0.3 is 5.97 Å². The number of rotatable bonds is 4. The first-order chi connectivity index (χ1) is 15.0. The molecule has 10 heteroatoms. The summed E-state index contributed by atoms with van der Waals surface area (Å²) < 4.78 is 28.4. The summed E-state index contributed by atoms with van der Waals surface area (Å²) in [5.41, 5.74) is 0.436. The number of carboxylic acids is 1. The molecule has 31 heavy (non-hydrogen) atoms. The number of aromatic amines is 1. The number of hydrogen-bond acceptors (Lipinski definition) is 6. The van der Waals surface area contributed by atoms with Crippen molar-refractivity contribution in [1.29, 1.82) is 0 Å². The van der Waals surface area contributed by atoms with Gasteiger partial charge in [0.05, 0.1) is 23.7 Å². The molecule has 0 amide bonds. The fourth-order valence-electron chi connectivity index (χ4n) is 5.36. The Morgan fingerprint density at radius 2 is 1.94 bits per heavy atom. The Morgan fingerprint density at radius 1 is 1.16 bits per heavy atom. The predicted octanol–water partition coefficient (Wildman–Crippen LogP) is 3.92. The van der Waals surface area contributed by atoms with Gasteiger partial charge in [-0.2, -0.15) is 5.10 Å². The lowest BCUT2D eigenvalue weighted by atomic mass is 9.64. The number of hydrogen-bond donors (Lipinski definition) is 3. The first-order valence-electron chi connectivity index (χ1n) is 10.5. The van der Waals surface area contributed by atoms with Gasteiger partial charge in [-0.25, -0.2) is 23.7 Å². The van der Waals surface area contributed by atoms with Gasteiger partial charge in [-0.3, -0.25) is 9.89 Å². The standard InChI is InChI=1S/C21H22F2N6O2/c22-11-8-13-15(28-29-17(13)24-9-11)19-25-10-14(23)18(27-19)26-16-12(20(30)31)4-3-7-21(16)5-1-2-6-21/h8-10,12,16H,1-7H2,(H,30,31)(H,24,28,29)(H,25,26,27)/t12-,16+/m1/s1. The van der Waals surface area contributed by atoms with E-state index >= 15 is 0 Å². The van der Waals surface area contributed by atoms with Crippen molar-refractivity contribution < 1.29 is 18.7 Å². The molecule has 0 radical (unpaired) electrons. The monoisotopic (exact) mass is 428 g/mol. The van der Waals surface area contributed by atoms with Gasteiger partial charge in [0.2, 0.25) is 0 Å². The minimum atomic E-state index is -0.877. The molecule has 3 aromatic heterocycles. The second kappa shape index (κ2) is 7.51. The topological polar surface area (TPSA) is 117 Å². The van der Waals surface area contributed by atoms with E-state index in [0.717, 1.165) is 50.9 Å². The van der Waals surface area contributed by atoms with E-state index in [-0.39, 0.29) is 22.8 Å². The number of H-pyrrole nitrogens is 1. The van der Waals surface area contributed by atoms with Gasteiger partial charge in [0.25, 0.3) is 0 Å². The Balaban J connectivity index is 1.54. The molecule has 0 saturated heterocycles. The Labute approximate surface area is 176 Å². The molecule has 5 rings (SSSR count). The van der Waals surface area contributed by atoms with E-state index in [1.165, 1.54) is 6.07 Å². The van der Waals surface area contributed by atoms with Crippen LogP contribution in [0.5, 0.6) is 0 Å². The molecule has 0 unspecified atom stereocenters. The molecule has 3 aromatic rings. The van der Waals surface area contributed by atoms with E-state index in [2.05, 4.69) is 30.5 Å². The van der Waals surface area contributed by atoms with E-state index in [0.29, 0.717) is 17.5 Å². The molecule has 3 N–H and O–H groups in total. The number of carbonyl (C=O) groups is 1. The van der Waals surface area contributed by atoms with Crippen molar-refractivity contribution in [2.45, 2.75) is 51.0 Å². The van der Waals surface area contributed by atoms with E-state index in [1.807, 2.05) is 0 Å². The molecule has 0 aromatic carbocycles. The molecular weight excluding hydrogens is 406 g/mol. The minimum absolute atomic E-state index is 0.0602. The van der Waals surface area contributed by atoms with Crippen molar-refractivity contribution in [3.63, 3.8) is 0 Å². The summed E-state index contributed by atoms with van der Waals surface area (Å²) in [6.07, 6.45) is 8.33. The van der Waals surface area contributed by atoms with Crippen LogP contribution in [0.2, 0.25) is 0 Å². The molecule has 2 atom stereocenters. The van der Waals surface area contributed by atoms with Crippen molar-refractivity contribution in [3.05, 3.63) is 30.1 Å². The van der Waals surface area contributed by atoms with Crippen molar-refractivity contribution in [2.24, 2.45) is 11.3 Å². The maximum Gasteiger partial charge on any atom is 0.308 e. The van der Waals surface area contributed by atoms with Crippen LogP contribution in [0, 0.1) is 23.0 Å². The molecule has 2 aliphatic rings. The Morgan fingerprint density at radius 3 is 2.71 bits per heavy atom. The van der Waals surface area contributed by atoms with Crippen LogP contribution in [0.1, 0.15) is 44.9 Å². The highest BCUT2D eigenvalue weighted by Gasteiger charge is 2.49. The molecule has 1 spiro atoms. The van der Waals surface area contributed by atoms with Crippen LogP contribution in [0.15, 0.2) is 18.5 Å². The number of carboxylic acid groups (broad SMARTS) is 1. The second-order valence-corrected chi connectivity index (χ2v) is 8.54. The van der Waals surface area contributed by atoms with Gasteiger partial charge in [0.1, 0.15) is 11.5 Å². The van der Waals surface area contributed by atoms with Crippen molar-refractivity contribution in [3.8, 4) is 11.5 Å². The number of pyridine rings is 1. The molecule has 2 saturated carbocycles. The number of halogens is 2. The summed E-state index contributed by atoms with van der Waals surface area (Å²) in [4.78, 5) is 24.3. The summed E-state index contributed by atoms with van der Waals surface area (Å²) in [6, 6.07) is 0.837. The first kappa shape index (κ1) is 19.8. The summed E-state index contributed by atoms with van der Waals surface area (Å²) >= 11 is 0. The number of nitrogens with one attached hydrogen (secondary N) is 2. The Bertz CT molecular complexity index is 1140. The van der Waals surface area contributed by atoms with Crippen LogP contribution < -0.4 is 5.32 Å². The summed E-state index contributed by atoms with van der Waals surface area (Å²) in [6.45, 7) is 0. The third kappa shape index (κ3) is 3.39. The molecule has 0 aliphatic heterocycles. The highest BCUT2D eigenvalue weighted by Crippen LogP contribution is 2.51. The van der Waals surface area contributed by atoms with Crippen LogP contribution in [0.25, 0.3) is 22.6 Å². The van der Waals surface area contributed by atoms with E-state index in [1.54, 1.807) is 0 Å². The fraction of sp³-hybridized carbons (Fsp3) is 0.476. The molecule has 3 heterocycles. The second-order valence-electron chi connectivity index (χ2n) is 8.54. The van der Waals surface area contributed by atoms with Crippen LogP contribution in [-0.2, 0) is 4.79 Å². The van der Waals surface area contributed by atoms with Crippen LogP contribution in [0.3, 0.4) is 0 Å². The van der Waals surface area contributed by atoms with Crippen molar-refractivity contribution in [2.75, 3.05) is 5.32 Å². The zero-order valence-corrected chi connectivity index (χ0v) is 16.7. The highest BCUT2D eigenvalue weighted by atomic mass is 19.1. The average Bonchev–Trinajstić information content (AvgIpc) is 3.38. The summed E-state index contributed by atoms with van der Waals surface area (Å²) in [7, 11) is 0. The lowest BCUT2D eigenvalue weighted by Gasteiger charge is -2.45. The first-order valence-corrected chi connectivity index (χ1v) is 10.5. The molecule has 2 aliphatic carbocycles. The van der Waals surface area contributed by atoms with Crippen molar-refractivity contribution >= 4 is 22.8 Å². The minimum Gasteiger partial charge on any atom is -0.481 e. The zero-order valence-electron chi connectivity index (χ0n) is 16.7. The molecule has 8 nitrogen and oxygen atoms in total. The maximum absolute atomic E-state index is 14.7. The smallest absolute Gasteiger partial charge is 0.308 e. The van der Waals surface area contributed by atoms with E-state index < -0.39 is 29.6 Å². The third-order valence-electron chi connectivity index (χ3n) is 6.80. The maximum atomic E-state index is 14.7. The quantitative estimate of drug-likeness (QED) is 0.577. The van der Waals surface area contributed by atoms with E-state index in [4.69, 9.17) is 0 Å². The van der Waals surface area contributed by atoms with Gasteiger partial charge in [0.15, 0.2) is 23.1 Å². The van der Waals surface area contributed by atoms with Gasteiger partial charge in [0, 0.05) is 6.04 Å². The summed E-state index contributed by atoms with van der Waals surface area (Å²) in [5, 5.41) is 20.2. The Kier molecular flexibility index (Phi) is 4.79. The van der Waals surface area contributed by atoms with Crippen LogP contribution in [-0.4, -0.2) is 42.3 Å². The Hall–Kier alpha value is -3.17. The number of fused-ring (bicyclic) bond motifs is 1. The van der Waals surface area contributed by atoms with Gasteiger partial charge in [-0.15, -0.1) is 0 Å². The molecule has 2 fully saturated rings. The normalized spacial score (nSPS) is 22.8. The fourth-order valence-corrected chi connectivity index (χ4v) is 5.36. The van der Waals surface area contributed by atoms with Crippen LogP contribution in [0.4, 0.5) is 14.6 Å². The average molecular weight is 428 g/mol. The zero-order chi connectivity index (χ0) is 21.6. The predicted molar refractivity (Wildman–Crippen MR) is 108 cm³/mol. The van der Waals surface area contributed by atoms with E-state index in [9.17, 15) is 18.7 Å².